The summed E-state index contributed by atoms with van der Waals surface area (Å²) in [6.07, 6.45) is 0.356. The van der Waals surface area contributed by atoms with E-state index < -0.39 is 6.29 Å². The van der Waals surface area contributed by atoms with E-state index in [-0.39, 0.29) is 23.2 Å². The first kappa shape index (κ1) is 16.2. The van der Waals surface area contributed by atoms with Crippen LogP contribution in [0.15, 0.2) is 54.6 Å². The third-order valence-corrected chi connectivity index (χ3v) is 5.24. The molecule has 1 aliphatic heterocycles. The summed E-state index contributed by atoms with van der Waals surface area (Å²) in [7, 11) is 0. The molecule has 3 atom stereocenters. The number of fused-ring (bicyclic) bond motifs is 1. The fraction of sp³-hybridized carbons (Fsp3) is 0.381. The van der Waals surface area contributed by atoms with E-state index in [2.05, 4.69) is 13.8 Å². The smallest absolute Gasteiger partial charge is 0.312 e. The monoisotopic (exact) mass is 338 g/mol. The second-order valence-electron chi connectivity index (χ2n) is 7.31. The summed E-state index contributed by atoms with van der Waals surface area (Å²) in [6.45, 7) is 4.72. The van der Waals surface area contributed by atoms with Gasteiger partial charge < -0.3 is 14.2 Å². The lowest BCUT2D eigenvalue weighted by atomic mass is 10.1. The highest BCUT2D eigenvalue weighted by Crippen LogP contribution is 2.64. The zero-order chi connectivity index (χ0) is 17.4. The third-order valence-electron chi connectivity index (χ3n) is 5.24. The number of ether oxygens (including phenoxy) is 3. The van der Waals surface area contributed by atoms with Crippen molar-refractivity contribution >= 4 is 5.97 Å². The summed E-state index contributed by atoms with van der Waals surface area (Å²) in [5.74, 6) is 1.72. The Morgan fingerprint density at radius 3 is 2.52 bits per heavy atom. The fourth-order valence-electron chi connectivity index (χ4n) is 3.72. The van der Waals surface area contributed by atoms with Crippen LogP contribution in [-0.4, -0.2) is 18.9 Å². The maximum atomic E-state index is 11.8. The van der Waals surface area contributed by atoms with Gasteiger partial charge >= 0.3 is 5.97 Å². The minimum Gasteiger partial charge on any atom is -0.457 e. The van der Waals surface area contributed by atoms with Crippen LogP contribution >= 0.6 is 0 Å². The molecule has 0 bridgehead atoms. The summed E-state index contributed by atoms with van der Waals surface area (Å²) in [5, 5.41) is 0. The standard InChI is InChI=1S/C21H22O4/c1-21(2)17-18(21)20(25-19(17)22)23-12-11-14-7-6-10-16(13-14)24-15-8-4-3-5-9-15/h3-10,13,17-18,20H,11-12H2,1-2H3/t17?,18?,20-/m1/s1. The van der Waals surface area contributed by atoms with Crippen molar-refractivity contribution in [2.24, 2.45) is 17.3 Å². The molecule has 2 aliphatic rings. The molecule has 25 heavy (non-hydrogen) atoms. The molecule has 0 N–H and O–H groups in total. The Morgan fingerprint density at radius 2 is 1.80 bits per heavy atom. The van der Waals surface area contributed by atoms with Gasteiger partial charge in [-0.05, 0) is 41.7 Å². The number of hydrogen-bond donors (Lipinski definition) is 0. The average Bonchev–Trinajstić information content (AvgIpc) is 2.99. The van der Waals surface area contributed by atoms with Gasteiger partial charge in [-0.3, -0.25) is 4.79 Å². The third kappa shape index (κ3) is 3.14. The zero-order valence-corrected chi connectivity index (χ0v) is 14.5. The molecule has 1 saturated carbocycles. The molecule has 2 unspecified atom stereocenters. The van der Waals surface area contributed by atoms with Crippen LogP contribution in [0.5, 0.6) is 11.5 Å². The van der Waals surface area contributed by atoms with Gasteiger partial charge in [-0.15, -0.1) is 0 Å². The number of rotatable bonds is 6. The van der Waals surface area contributed by atoms with E-state index in [0.717, 1.165) is 23.5 Å². The topological polar surface area (TPSA) is 44.8 Å². The maximum absolute atomic E-state index is 11.8. The normalized spacial score (nSPS) is 26.0. The van der Waals surface area contributed by atoms with Gasteiger partial charge in [-0.1, -0.05) is 44.2 Å². The number of esters is 1. The molecule has 4 heteroatoms. The quantitative estimate of drug-likeness (QED) is 0.741. The second-order valence-corrected chi connectivity index (χ2v) is 7.31. The van der Waals surface area contributed by atoms with Gasteiger partial charge in [0.2, 0.25) is 6.29 Å². The van der Waals surface area contributed by atoms with Gasteiger partial charge in [-0.25, -0.2) is 0 Å². The predicted molar refractivity (Wildman–Crippen MR) is 93.3 cm³/mol. The molecule has 1 saturated heterocycles. The largest absolute Gasteiger partial charge is 0.457 e. The second kappa shape index (κ2) is 6.19. The minimum atomic E-state index is -0.392. The highest BCUT2D eigenvalue weighted by atomic mass is 16.7. The summed E-state index contributed by atoms with van der Waals surface area (Å²) in [6, 6.07) is 17.7. The Hall–Kier alpha value is -2.33. The number of carbonyl (C=O) groups is 1. The molecule has 2 aromatic rings. The van der Waals surface area contributed by atoms with Gasteiger partial charge in [-0.2, -0.15) is 0 Å². The fourth-order valence-corrected chi connectivity index (χ4v) is 3.72. The maximum Gasteiger partial charge on any atom is 0.312 e. The van der Waals surface area contributed by atoms with E-state index in [1.807, 2.05) is 54.6 Å². The van der Waals surface area contributed by atoms with Gasteiger partial charge in [0.1, 0.15) is 11.5 Å². The Kier molecular flexibility index (Phi) is 4.00. The lowest BCUT2D eigenvalue weighted by Gasteiger charge is -2.18. The number of hydrogen-bond acceptors (Lipinski definition) is 4. The van der Waals surface area contributed by atoms with E-state index in [1.165, 1.54) is 0 Å². The zero-order valence-electron chi connectivity index (χ0n) is 14.5. The van der Waals surface area contributed by atoms with Crippen molar-refractivity contribution in [2.75, 3.05) is 6.61 Å². The number of carbonyl (C=O) groups excluding carboxylic acids is 1. The molecular formula is C21H22O4. The molecule has 0 radical (unpaired) electrons. The first-order chi connectivity index (χ1) is 12.1. The lowest BCUT2D eigenvalue weighted by molar-refractivity contribution is -0.175. The van der Waals surface area contributed by atoms with Crippen molar-refractivity contribution in [1.82, 2.24) is 0 Å². The van der Waals surface area contributed by atoms with Crippen LogP contribution in [0, 0.1) is 17.3 Å². The molecule has 2 fully saturated rings. The van der Waals surface area contributed by atoms with E-state index in [0.29, 0.717) is 6.61 Å². The summed E-state index contributed by atoms with van der Waals surface area (Å²) < 4.78 is 17.0. The molecule has 0 amide bonds. The first-order valence-corrected chi connectivity index (χ1v) is 8.69. The lowest BCUT2D eigenvalue weighted by Crippen LogP contribution is -2.23. The SMILES string of the molecule is CC1(C)C2C(=O)O[C@@H](OCCc3cccc(Oc4ccccc4)c3)C21. The summed E-state index contributed by atoms with van der Waals surface area (Å²) in [5.41, 5.74) is 1.15. The van der Waals surface area contributed by atoms with Crippen molar-refractivity contribution in [3.63, 3.8) is 0 Å². The van der Waals surface area contributed by atoms with Crippen molar-refractivity contribution in [3.8, 4) is 11.5 Å². The number of benzene rings is 2. The van der Waals surface area contributed by atoms with Crippen LogP contribution in [0.3, 0.4) is 0 Å². The minimum absolute atomic E-state index is 0.0140. The Morgan fingerprint density at radius 1 is 1.04 bits per heavy atom. The highest BCUT2D eigenvalue weighted by molar-refractivity contribution is 5.80. The summed E-state index contributed by atoms with van der Waals surface area (Å²) in [4.78, 5) is 11.8. The molecule has 1 aliphatic carbocycles. The predicted octanol–water partition coefficient (Wildman–Crippen LogP) is 4.19. The van der Waals surface area contributed by atoms with Crippen molar-refractivity contribution in [3.05, 3.63) is 60.2 Å². The Balaban J connectivity index is 1.32. The molecule has 0 spiro atoms. The van der Waals surface area contributed by atoms with Crippen LogP contribution in [0.25, 0.3) is 0 Å². The number of cyclic esters (lactones) is 1. The van der Waals surface area contributed by atoms with Crippen molar-refractivity contribution < 1.29 is 19.0 Å². The Labute approximate surface area is 147 Å². The molecule has 130 valence electrons. The van der Waals surface area contributed by atoms with Crippen LogP contribution in [0.4, 0.5) is 0 Å². The Bertz CT molecular complexity index is 768. The van der Waals surface area contributed by atoms with Crippen LogP contribution < -0.4 is 4.74 Å². The van der Waals surface area contributed by atoms with Crippen LogP contribution in [0.2, 0.25) is 0 Å². The van der Waals surface area contributed by atoms with E-state index in [4.69, 9.17) is 14.2 Å². The van der Waals surface area contributed by atoms with E-state index >= 15 is 0 Å². The molecule has 0 aromatic heterocycles. The molecule has 4 rings (SSSR count). The summed E-state index contributed by atoms with van der Waals surface area (Å²) >= 11 is 0. The van der Waals surface area contributed by atoms with Crippen molar-refractivity contribution in [1.29, 1.82) is 0 Å². The van der Waals surface area contributed by atoms with E-state index in [9.17, 15) is 4.79 Å². The van der Waals surface area contributed by atoms with Gasteiger partial charge in [0.15, 0.2) is 0 Å². The van der Waals surface area contributed by atoms with Gasteiger partial charge in [0.25, 0.3) is 0 Å². The van der Waals surface area contributed by atoms with Gasteiger partial charge in [0, 0.05) is 5.92 Å². The van der Waals surface area contributed by atoms with Gasteiger partial charge in [0.05, 0.1) is 12.5 Å². The molecule has 2 aromatic carbocycles. The average molecular weight is 338 g/mol. The molecule has 4 nitrogen and oxygen atoms in total. The molecule has 1 heterocycles. The van der Waals surface area contributed by atoms with E-state index in [1.54, 1.807) is 0 Å². The number of para-hydroxylation sites is 1. The highest BCUT2D eigenvalue weighted by Gasteiger charge is 2.71. The first-order valence-electron chi connectivity index (χ1n) is 8.69. The molecular weight excluding hydrogens is 316 g/mol. The van der Waals surface area contributed by atoms with Crippen molar-refractivity contribution in [2.45, 2.75) is 26.6 Å². The van der Waals surface area contributed by atoms with Crippen LogP contribution in [0.1, 0.15) is 19.4 Å². The van der Waals surface area contributed by atoms with Crippen LogP contribution in [-0.2, 0) is 20.7 Å².